The first kappa shape index (κ1) is 22.2. The van der Waals surface area contributed by atoms with Crippen molar-refractivity contribution in [3.63, 3.8) is 0 Å². The van der Waals surface area contributed by atoms with Gasteiger partial charge in [0.05, 0.1) is 13.2 Å². The van der Waals surface area contributed by atoms with Gasteiger partial charge in [-0.2, -0.15) is 0 Å². The Morgan fingerprint density at radius 1 is 1.14 bits per heavy atom. The van der Waals surface area contributed by atoms with Crippen LogP contribution < -0.4 is 20.7 Å². The number of carbonyl (C=O) groups excluding carboxylic acids is 1. The van der Waals surface area contributed by atoms with Gasteiger partial charge in [-0.25, -0.2) is 9.98 Å². The highest BCUT2D eigenvalue weighted by atomic mass is 16.5. The van der Waals surface area contributed by atoms with Crippen LogP contribution in [0, 0.1) is 13.8 Å². The van der Waals surface area contributed by atoms with Gasteiger partial charge in [0, 0.05) is 30.8 Å². The number of ether oxygens (including phenoxy) is 1. The van der Waals surface area contributed by atoms with E-state index in [9.17, 15) is 4.79 Å². The molecule has 0 unspecified atom stereocenters. The standard InChI is InChI=1S/C22H31N5O2/c1-5-23-22(25-15-18-11-10-16(3)14-19(18)29-6-2)24-13-12-21(28)27-20-9-7-8-17(4)26-20/h7-11,14H,5-6,12-13,15H2,1-4H3,(H2,23,24,25)(H,26,27,28). The Balaban J connectivity index is 1.90. The second kappa shape index (κ2) is 11.7. The van der Waals surface area contributed by atoms with Crippen molar-refractivity contribution in [2.75, 3.05) is 25.0 Å². The third-order valence-electron chi connectivity index (χ3n) is 4.07. The van der Waals surface area contributed by atoms with E-state index in [2.05, 4.69) is 32.0 Å². The molecule has 0 spiro atoms. The van der Waals surface area contributed by atoms with Gasteiger partial charge in [0.2, 0.25) is 5.91 Å². The van der Waals surface area contributed by atoms with Gasteiger partial charge in [-0.3, -0.25) is 4.79 Å². The molecular weight excluding hydrogens is 366 g/mol. The third-order valence-corrected chi connectivity index (χ3v) is 4.07. The van der Waals surface area contributed by atoms with Gasteiger partial charge >= 0.3 is 0 Å². The number of nitrogens with zero attached hydrogens (tertiary/aromatic N) is 2. The summed E-state index contributed by atoms with van der Waals surface area (Å²) in [6.07, 6.45) is 0.314. The van der Waals surface area contributed by atoms with Crippen LogP contribution in [0.3, 0.4) is 0 Å². The molecule has 7 nitrogen and oxygen atoms in total. The topological polar surface area (TPSA) is 87.6 Å². The Hall–Kier alpha value is -3.09. The molecule has 0 aliphatic rings. The smallest absolute Gasteiger partial charge is 0.227 e. The van der Waals surface area contributed by atoms with Crippen molar-refractivity contribution >= 4 is 17.7 Å². The number of pyridine rings is 1. The number of aliphatic imine (C=N–C) groups is 1. The number of aryl methyl sites for hydroxylation is 2. The first-order valence-corrected chi connectivity index (χ1v) is 9.99. The zero-order valence-corrected chi connectivity index (χ0v) is 17.7. The number of rotatable bonds is 9. The SMILES string of the molecule is CCNC(=NCc1ccc(C)cc1OCC)NCCC(=O)Nc1cccc(C)n1. The van der Waals surface area contributed by atoms with Gasteiger partial charge in [0.15, 0.2) is 5.96 Å². The van der Waals surface area contributed by atoms with E-state index < -0.39 is 0 Å². The molecule has 156 valence electrons. The Morgan fingerprint density at radius 2 is 1.97 bits per heavy atom. The molecule has 0 aliphatic heterocycles. The summed E-state index contributed by atoms with van der Waals surface area (Å²) in [7, 11) is 0. The second-order valence-electron chi connectivity index (χ2n) is 6.63. The largest absolute Gasteiger partial charge is 0.494 e. The van der Waals surface area contributed by atoms with Crippen LogP contribution in [0.4, 0.5) is 5.82 Å². The lowest BCUT2D eigenvalue weighted by atomic mass is 10.1. The molecule has 7 heteroatoms. The number of guanidine groups is 1. The van der Waals surface area contributed by atoms with Crippen molar-refractivity contribution in [2.24, 2.45) is 4.99 Å². The number of nitrogens with one attached hydrogen (secondary N) is 3. The molecule has 1 aromatic carbocycles. The normalized spacial score (nSPS) is 11.1. The van der Waals surface area contributed by atoms with Crippen LogP contribution in [-0.4, -0.2) is 36.5 Å². The first-order chi connectivity index (χ1) is 14.0. The highest BCUT2D eigenvalue weighted by Crippen LogP contribution is 2.21. The van der Waals surface area contributed by atoms with E-state index in [1.54, 1.807) is 6.07 Å². The number of aromatic nitrogens is 1. The molecule has 0 radical (unpaired) electrons. The maximum Gasteiger partial charge on any atom is 0.227 e. The number of hydrogen-bond donors (Lipinski definition) is 3. The van der Waals surface area contributed by atoms with Gasteiger partial charge in [-0.15, -0.1) is 0 Å². The molecule has 0 bridgehead atoms. The van der Waals surface area contributed by atoms with Crippen LogP contribution in [0.1, 0.15) is 37.1 Å². The monoisotopic (exact) mass is 397 g/mol. The van der Waals surface area contributed by atoms with Crippen LogP contribution in [0.2, 0.25) is 0 Å². The van der Waals surface area contributed by atoms with Gasteiger partial charge in [-0.05, 0) is 51.5 Å². The zero-order chi connectivity index (χ0) is 21.1. The summed E-state index contributed by atoms with van der Waals surface area (Å²) in [5.41, 5.74) is 3.04. The van der Waals surface area contributed by atoms with E-state index in [0.717, 1.165) is 29.1 Å². The van der Waals surface area contributed by atoms with Crippen LogP contribution in [0.15, 0.2) is 41.4 Å². The molecule has 0 aliphatic carbocycles. The first-order valence-electron chi connectivity index (χ1n) is 9.99. The number of amides is 1. The summed E-state index contributed by atoms with van der Waals surface area (Å²) < 4.78 is 5.72. The Labute approximate surface area is 173 Å². The zero-order valence-electron chi connectivity index (χ0n) is 17.7. The molecule has 0 saturated carbocycles. The van der Waals surface area contributed by atoms with Crippen molar-refractivity contribution in [1.82, 2.24) is 15.6 Å². The summed E-state index contributed by atoms with van der Waals surface area (Å²) in [6, 6.07) is 11.7. The molecule has 1 amide bonds. The van der Waals surface area contributed by atoms with Crippen molar-refractivity contribution in [3.05, 3.63) is 53.2 Å². The number of anilines is 1. The van der Waals surface area contributed by atoms with E-state index in [4.69, 9.17) is 4.74 Å². The molecule has 1 aromatic heterocycles. The lowest BCUT2D eigenvalue weighted by Crippen LogP contribution is -2.38. The molecule has 3 N–H and O–H groups in total. The molecule has 29 heavy (non-hydrogen) atoms. The average Bonchev–Trinajstić information content (AvgIpc) is 2.67. The van der Waals surface area contributed by atoms with Gasteiger partial charge in [0.1, 0.15) is 11.6 Å². The highest BCUT2D eigenvalue weighted by molar-refractivity contribution is 5.90. The predicted octanol–water partition coefficient (Wildman–Crippen LogP) is 3.18. The van der Waals surface area contributed by atoms with E-state index in [1.807, 2.05) is 52.0 Å². The minimum atomic E-state index is -0.0939. The molecule has 1 heterocycles. The lowest BCUT2D eigenvalue weighted by molar-refractivity contribution is -0.116. The van der Waals surface area contributed by atoms with Crippen molar-refractivity contribution < 1.29 is 9.53 Å². The molecule has 0 fully saturated rings. The van der Waals surface area contributed by atoms with Crippen LogP contribution in [-0.2, 0) is 11.3 Å². The summed E-state index contributed by atoms with van der Waals surface area (Å²) in [6.45, 7) is 10.2. The Morgan fingerprint density at radius 3 is 2.69 bits per heavy atom. The number of hydrogen-bond acceptors (Lipinski definition) is 4. The van der Waals surface area contributed by atoms with Gasteiger partial charge < -0.3 is 20.7 Å². The summed E-state index contributed by atoms with van der Waals surface area (Å²) in [5.74, 6) is 2.00. The maximum atomic E-state index is 12.1. The quantitative estimate of drug-likeness (QED) is 0.447. The third kappa shape index (κ3) is 7.81. The van der Waals surface area contributed by atoms with Crippen LogP contribution in [0.5, 0.6) is 5.75 Å². The van der Waals surface area contributed by atoms with E-state index in [0.29, 0.717) is 37.9 Å². The second-order valence-corrected chi connectivity index (χ2v) is 6.63. The van der Waals surface area contributed by atoms with Crippen molar-refractivity contribution in [3.8, 4) is 5.75 Å². The summed E-state index contributed by atoms with van der Waals surface area (Å²) in [5, 5.41) is 9.21. The van der Waals surface area contributed by atoms with Crippen LogP contribution >= 0.6 is 0 Å². The fourth-order valence-corrected chi connectivity index (χ4v) is 2.70. The fraction of sp³-hybridized carbons (Fsp3) is 0.409. The van der Waals surface area contributed by atoms with Crippen molar-refractivity contribution in [1.29, 1.82) is 0 Å². The summed E-state index contributed by atoms with van der Waals surface area (Å²) >= 11 is 0. The Bertz CT molecular complexity index is 836. The van der Waals surface area contributed by atoms with E-state index in [1.165, 1.54) is 0 Å². The number of carbonyl (C=O) groups is 1. The molecule has 2 rings (SSSR count). The minimum Gasteiger partial charge on any atom is -0.494 e. The molecular formula is C22H31N5O2. The average molecular weight is 398 g/mol. The molecule has 0 atom stereocenters. The Kier molecular flexibility index (Phi) is 8.95. The summed E-state index contributed by atoms with van der Waals surface area (Å²) in [4.78, 5) is 21.0. The fourth-order valence-electron chi connectivity index (χ4n) is 2.70. The van der Waals surface area contributed by atoms with Crippen LogP contribution in [0.25, 0.3) is 0 Å². The maximum absolute atomic E-state index is 12.1. The van der Waals surface area contributed by atoms with Gasteiger partial charge in [0.25, 0.3) is 0 Å². The van der Waals surface area contributed by atoms with Crippen molar-refractivity contribution in [2.45, 2.75) is 40.7 Å². The predicted molar refractivity (Wildman–Crippen MR) is 117 cm³/mol. The molecule has 2 aromatic rings. The number of benzene rings is 1. The minimum absolute atomic E-state index is 0.0939. The molecule has 0 saturated heterocycles. The van der Waals surface area contributed by atoms with E-state index in [-0.39, 0.29) is 5.91 Å². The van der Waals surface area contributed by atoms with Gasteiger partial charge in [-0.1, -0.05) is 18.2 Å². The van der Waals surface area contributed by atoms with E-state index >= 15 is 0 Å². The lowest BCUT2D eigenvalue weighted by Gasteiger charge is -2.13. The highest BCUT2D eigenvalue weighted by Gasteiger charge is 2.06.